The molecule has 1 aromatic rings. The molecule has 0 amide bonds. The lowest BCUT2D eigenvalue weighted by atomic mass is 9.44. The molecular weight excluding hydrogens is 358 g/mol. The Morgan fingerprint density at radius 3 is 2.86 bits per heavy atom. The lowest BCUT2D eigenvalue weighted by Crippen LogP contribution is -2.54. The number of phenolic OH excluding ortho intramolecular Hbond substituents is 1. The number of hydrogen-bond acceptors (Lipinski definition) is 3. The Kier molecular flexibility index (Phi) is 5.51. The van der Waals surface area contributed by atoms with E-state index in [0.29, 0.717) is 29.9 Å². The Balaban J connectivity index is 1.72. The van der Waals surface area contributed by atoms with E-state index in [-0.39, 0.29) is 16.9 Å². The summed E-state index contributed by atoms with van der Waals surface area (Å²) in [5.41, 5.74) is 2.70. The summed E-state index contributed by atoms with van der Waals surface area (Å²) in [6.45, 7) is 6.68. The van der Waals surface area contributed by atoms with Crippen molar-refractivity contribution in [1.29, 1.82) is 5.26 Å². The number of aliphatic hydroxyl groups excluding tert-OH is 1. The fourth-order valence-electron chi connectivity index (χ4n) is 7.48. The molecule has 3 aliphatic carbocycles. The van der Waals surface area contributed by atoms with Crippen LogP contribution >= 0.6 is 0 Å². The van der Waals surface area contributed by atoms with Gasteiger partial charge in [-0.25, -0.2) is 0 Å². The number of allylic oxidation sites excluding steroid dienone is 1. The van der Waals surface area contributed by atoms with Crippen molar-refractivity contribution < 1.29 is 10.2 Å². The van der Waals surface area contributed by atoms with Crippen LogP contribution in [0, 0.1) is 34.0 Å². The highest BCUT2D eigenvalue weighted by Gasteiger charge is 2.63. The first kappa shape index (κ1) is 20.5. The molecule has 3 nitrogen and oxygen atoms in total. The standard InChI is InChI=1S/C26H35NO2/c1-3-26-14-13-18-16-20(28)9-10-21(18)24(26)19(8-6-4-5-7-15-27)17-25(2)22(26)11-12-23(25)29/h3,9-10,16,19,22-24,28-29H,1,4-8,11-14,17H2,2H3/t19-,22?,23-,24?,25-,26-/m0/s1. The highest BCUT2D eigenvalue weighted by Crippen LogP contribution is 2.69. The van der Waals surface area contributed by atoms with Crippen LogP contribution in [0.4, 0.5) is 0 Å². The van der Waals surface area contributed by atoms with E-state index in [1.165, 1.54) is 11.1 Å². The van der Waals surface area contributed by atoms with E-state index in [0.717, 1.165) is 57.8 Å². The molecule has 6 atom stereocenters. The van der Waals surface area contributed by atoms with E-state index in [1.807, 2.05) is 12.1 Å². The SMILES string of the molecule is C=C[C@@]12CCc3cc(O)ccc3C1[C@@H](CCCCCC#N)C[C@@]1(C)C2CC[C@@H]1O. The second-order valence-corrected chi connectivity index (χ2v) is 10.1. The average molecular weight is 394 g/mol. The number of nitrogens with zero attached hydrogens (tertiary/aromatic N) is 1. The van der Waals surface area contributed by atoms with Crippen LogP contribution in [0.2, 0.25) is 0 Å². The molecule has 2 N–H and O–H groups in total. The van der Waals surface area contributed by atoms with Crippen LogP contribution in [0.5, 0.6) is 5.75 Å². The highest BCUT2D eigenvalue weighted by atomic mass is 16.3. The summed E-state index contributed by atoms with van der Waals surface area (Å²) < 4.78 is 0. The maximum Gasteiger partial charge on any atom is 0.115 e. The van der Waals surface area contributed by atoms with Crippen molar-refractivity contribution in [3.63, 3.8) is 0 Å². The van der Waals surface area contributed by atoms with Crippen molar-refractivity contribution in [2.75, 3.05) is 0 Å². The van der Waals surface area contributed by atoms with Gasteiger partial charge in [0.05, 0.1) is 12.2 Å². The van der Waals surface area contributed by atoms with Gasteiger partial charge in [-0.1, -0.05) is 31.9 Å². The van der Waals surface area contributed by atoms with Crippen molar-refractivity contribution >= 4 is 0 Å². The number of nitriles is 1. The monoisotopic (exact) mass is 393 g/mol. The van der Waals surface area contributed by atoms with Crippen molar-refractivity contribution in [3.05, 3.63) is 42.0 Å². The van der Waals surface area contributed by atoms with Gasteiger partial charge in [-0.05, 0) is 96.8 Å². The molecular formula is C26H35NO2. The summed E-state index contributed by atoms with van der Waals surface area (Å²) in [5.74, 6) is 1.76. The van der Waals surface area contributed by atoms with Gasteiger partial charge in [-0.2, -0.15) is 5.26 Å². The molecule has 0 bridgehead atoms. The molecule has 0 spiro atoms. The predicted octanol–water partition coefficient (Wildman–Crippen LogP) is 5.87. The van der Waals surface area contributed by atoms with Crippen LogP contribution in [0.1, 0.15) is 81.8 Å². The molecule has 2 saturated carbocycles. The Morgan fingerprint density at radius 1 is 1.28 bits per heavy atom. The van der Waals surface area contributed by atoms with Crippen molar-refractivity contribution in [2.24, 2.45) is 22.7 Å². The summed E-state index contributed by atoms with van der Waals surface area (Å²) in [7, 11) is 0. The molecule has 1 aromatic carbocycles. The van der Waals surface area contributed by atoms with Gasteiger partial charge >= 0.3 is 0 Å². The van der Waals surface area contributed by atoms with Crippen LogP contribution in [-0.4, -0.2) is 16.3 Å². The van der Waals surface area contributed by atoms with Crippen molar-refractivity contribution in [3.8, 4) is 11.8 Å². The molecule has 0 heterocycles. The molecule has 29 heavy (non-hydrogen) atoms. The number of rotatable bonds is 6. The number of aryl methyl sites for hydroxylation is 1. The van der Waals surface area contributed by atoms with Gasteiger partial charge in [-0.3, -0.25) is 0 Å². The first-order valence-electron chi connectivity index (χ1n) is 11.5. The molecule has 2 fully saturated rings. The number of benzene rings is 1. The molecule has 0 radical (unpaired) electrons. The quantitative estimate of drug-likeness (QED) is 0.469. The zero-order valence-corrected chi connectivity index (χ0v) is 17.7. The largest absolute Gasteiger partial charge is 0.508 e. The minimum Gasteiger partial charge on any atom is -0.508 e. The second-order valence-electron chi connectivity index (χ2n) is 10.1. The third-order valence-corrected chi connectivity index (χ3v) is 8.72. The molecule has 0 aromatic heterocycles. The number of phenols is 1. The van der Waals surface area contributed by atoms with E-state index in [2.05, 4.69) is 31.7 Å². The lowest BCUT2D eigenvalue weighted by molar-refractivity contribution is -0.0812. The van der Waals surface area contributed by atoms with E-state index >= 15 is 0 Å². The van der Waals surface area contributed by atoms with Gasteiger partial charge in [0.15, 0.2) is 0 Å². The first-order valence-corrected chi connectivity index (χ1v) is 11.5. The number of unbranched alkanes of at least 4 members (excludes halogenated alkanes) is 3. The highest BCUT2D eigenvalue weighted by molar-refractivity contribution is 5.43. The molecule has 156 valence electrons. The van der Waals surface area contributed by atoms with Gasteiger partial charge in [-0.15, -0.1) is 6.58 Å². The maximum atomic E-state index is 11.0. The molecule has 3 heteroatoms. The van der Waals surface area contributed by atoms with E-state index in [4.69, 9.17) is 5.26 Å². The minimum absolute atomic E-state index is 0.0313. The van der Waals surface area contributed by atoms with E-state index < -0.39 is 0 Å². The molecule has 2 unspecified atom stereocenters. The summed E-state index contributed by atoms with van der Waals surface area (Å²) in [4.78, 5) is 0. The fourth-order valence-corrected chi connectivity index (χ4v) is 7.48. The Labute approximate surface area is 175 Å². The van der Waals surface area contributed by atoms with Crippen molar-refractivity contribution in [1.82, 2.24) is 0 Å². The summed E-state index contributed by atoms with van der Waals surface area (Å²) in [5, 5.41) is 29.8. The van der Waals surface area contributed by atoms with Gasteiger partial charge in [0.2, 0.25) is 0 Å². The van der Waals surface area contributed by atoms with Gasteiger partial charge in [0.1, 0.15) is 5.75 Å². The number of fused-ring (bicyclic) bond motifs is 5. The van der Waals surface area contributed by atoms with Crippen LogP contribution < -0.4 is 0 Å². The number of hydrogen-bond donors (Lipinski definition) is 2. The summed E-state index contributed by atoms with van der Waals surface area (Å²) in [6, 6.07) is 8.22. The zero-order valence-electron chi connectivity index (χ0n) is 17.7. The van der Waals surface area contributed by atoms with E-state index in [9.17, 15) is 10.2 Å². The van der Waals surface area contributed by atoms with Crippen LogP contribution in [-0.2, 0) is 6.42 Å². The maximum absolute atomic E-state index is 11.0. The minimum atomic E-state index is -0.215. The van der Waals surface area contributed by atoms with Crippen LogP contribution in [0.25, 0.3) is 0 Å². The van der Waals surface area contributed by atoms with E-state index in [1.54, 1.807) is 0 Å². The number of aliphatic hydroxyl groups is 1. The lowest BCUT2D eigenvalue weighted by Gasteiger charge is -2.60. The van der Waals surface area contributed by atoms with Crippen LogP contribution in [0.15, 0.2) is 30.9 Å². The molecule has 4 rings (SSSR count). The normalized spacial score (nSPS) is 37.8. The Bertz CT molecular complexity index is 811. The Hall–Kier alpha value is -1.79. The van der Waals surface area contributed by atoms with Gasteiger partial charge in [0.25, 0.3) is 0 Å². The van der Waals surface area contributed by atoms with Gasteiger partial charge in [0, 0.05) is 6.42 Å². The van der Waals surface area contributed by atoms with Crippen LogP contribution in [0.3, 0.4) is 0 Å². The van der Waals surface area contributed by atoms with Crippen molar-refractivity contribution in [2.45, 2.75) is 83.2 Å². The molecule has 0 aliphatic heterocycles. The summed E-state index contributed by atoms with van der Waals surface area (Å²) in [6.07, 6.45) is 12.1. The third-order valence-electron chi connectivity index (χ3n) is 8.72. The van der Waals surface area contributed by atoms with Gasteiger partial charge < -0.3 is 10.2 Å². The number of aromatic hydroxyl groups is 1. The molecule has 3 aliphatic rings. The third kappa shape index (κ3) is 3.21. The first-order chi connectivity index (χ1) is 14.0. The smallest absolute Gasteiger partial charge is 0.115 e. The average Bonchev–Trinajstić information content (AvgIpc) is 3.02. The summed E-state index contributed by atoms with van der Waals surface area (Å²) >= 11 is 0. The zero-order chi connectivity index (χ0) is 20.6. The fraction of sp³-hybridized carbons (Fsp3) is 0.654. The topological polar surface area (TPSA) is 64.2 Å². The predicted molar refractivity (Wildman–Crippen MR) is 115 cm³/mol. The molecule has 0 saturated heterocycles. The second kappa shape index (κ2) is 7.80. The Morgan fingerprint density at radius 2 is 2.10 bits per heavy atom.